The van der Waals surface area contributed by atoms with E-state index in [0.717, 1.165) is 21.5 Å². The van der Waals surface area contributed by atoms with E-state index in [2.05, 4.69) is 31.1 Å². The van der Waals surface area contributed by atoms with Gasteiger partial charge in [0.25, 0.3) is 0 Å². The van der Waals surface area contributed by atoms with Crippen molar-refractivity contribution in [3.05, 3.63) is 51.7 Å². The van der Waals surface area contributed by atoms with Gasteiger partial charge in [-0.3, -0.25) is 14.6 Å². The number of ether oxygens (including phenoxy) is 1. The molecule has 2 fully saturated rings. The minimum atomic E-state index is -0.863. The smallest absolute Gasteiger partial charge is 0.246 e. The summed E-state index contributed by atoms with van der Waals surface area (Å²) in [5.74, 6) is 0.599. The van der Waals surface area contributed by atoms with Gasteiger partial charge in [0.05, 0.1) is 28.8 Å². The highest BCUT2D eigenvalue weighted by atomic mass is 79.9. The number of anilines is 1. The van der Waals surface area contributed by atoms with Crippen LogP contribution in [0.3, 0.4) is 0 Å². The van der Waals surface area contributed by atoms with Crippen LogP contribution in [0.2, 0.25) is 5.02 Å². The Hall–Kier alpha value is -2.32. The first-order valence-electron chi connectivity index (χ1n) is 9.70. The fourth-order valence-corrected chi connectivity index (χ4v) is 5.21. The second-order valence-corrected chi connectivity index (χ2v) is 8.74. The number of methoxy groups -OCH3 is 1. The molecule has 7 nitrogen and oxygen atoms in total. The number of nitrogens with zero attached hydrogens (tertiary/aromatic N) is 3. The molecule has 2 amide bonds. The van der Waals surface area contributed by atoms with Crippen molar-refractivity contribution in [1.82, 2.24) is 15.2 Å². The largest absolute Gasteiger partial charge is 0.497 e. The molecule has 9 heteroatoms. The first-order valence-corrected chi connectivity index (χ1v) is 10.9. The number of aromatic nitrogens is 1. The third kappa shape index (κ3) is 3.74. The number of amides is 2. The fourth-order valence-electron chi connectivity index (χ4n) is 4.23. The van der Waals surface area contributed by atoms with Crippen LogP contribution in [0.25, 0.3) is 0 Å². The number of carbonyl (C=O) groups is 2. The van der Waals surface area contributed by atoms with E-state index in [9.17, 15) is 9.59 Å². The van der Waals surface area contributed by atoms with E-state index < -0.39 is 5.54 Å². The average molecular weight is 494 g/mol. The Morgan fingerprint density at radius 3 is 2.53 bits per heavy atom. The second-order valence-electron chi connectivity index (χ2n) is 7.48. The lowest BCUT2D eigenvalue weighted by molar-refractivity contribution is -0.156. The van der Waals surface area contributed by atoms with E-state index in [-0.39, 0.29) is 18.4 Å². The summed E-state index contributed by atoms with van der Waals surface area (Å²) < 4.78 is 6.02. The molecule has 0 aliphatic carbocycles. The van der Waals surface area contributed by atoms with Gasteiger partial charge in [-0.25, -0.2) is 0 Å². The number of piperazine rings is 1. The molecule has 0 atom stereocenters. The van der Waals surface area contributed by atoms with Gasteiger partial charge in [0.1, 0.15) is 11.3 Å². The lowest BCUT2D eigenvalue weighted by Crippen LogP contribution is -2.69. The van der Waals surface area contributed by atoms with Gasteiger partial charge >= 0.3 is 0 Å². The zero-order valence-electron chi connectivity index (χ0n) is 16.5. The lowest BCUT2D eigenvalue weighted by atomic mass is 9.82. The van der Waals surface area contributed by atoms with Gasteiger partial charge < -0.3 is 19.9 Å². The Kier molecular flexibility index (Phi) is 5.88. The van der Waals surface area contributed by atoms with Crippen molar-refractivity contribution in [2.45, 2.75) is 24.9 Å². The standard InChI is InChI=1S/C21H22BrClN4O3/c1-30-15-4-2-14(3-5-15)13-27-18(28)12-25-20(29)21(27)6-8-26(9-7-21)19-16(22)10-24-11-17(19)23/h2-5,10-11H,6-9,12-13H2,1H3,(H,25,29). The van der Waals surface area contributed by atoms with Gasteiger partial charge in [-0.2, -0.15) is 0 Å². The third-order valence-corrected chi connectivity index (χ3v) is 6.73. The molecule has 2 saturated heterocycles. The normalized spacial score (nSPS) is 18.5. The minimum Gasteiger partial charge on any atom is -0.497 e. The number of rotatable bonds is 4. The number of benzene rings is 1. The monoisotopic (exact) mass is 492 g/mol. The zero-order valence-corrected chi connectivity index (χ0v) is 18.9. The van der Waals surface area contributed by atoms with Crippen LogP contribution in [-0.4, -0.2) is 54.0 Å². The predicted octanol–water partition coefficient (Wildman–Crippen LogP) is 3.00. The van der Waals surface area contributed by atoms with Gasteiger partial charge in [0, 0.05) is 32.0 Å². The topological polar surface area (TPSA) is 74.8 Å². The predicted molar refractivity (Wildman–Crippen MR) is 118 cm³/mol. The van der Waals surface area contributed by atoms with Crippen LogP contribution in [0.1, 0.15) is 18.4 Å². The molecule has 0 saturated carbocycles. The summed E-state index contributed by atoms with van der Waals surface area (Å²) in [6.07, 6.45) is 4.36. The summed E-state index contributed by atoms with van der Waals surface area (Å²) in [4.78, 5) is 33.8. The van der Waals surface area contributed by atoms with Crippen molar-refractivity contribution in [3.63, 3.8) is 0 Å². The van der Waals surface area contributed by atoms with Gasteiger partial charge in [0.15, 0.2) is 0 Å². The highest BCUT2D eigenvalue weighted by molar-refractivity contribution is 9.10. The number of nitrogens with one attached hydrogen (secondary N) is 1. The number of halogens is 2. The molecule has 2 aliphatic rings. The molecule has 1 aromatic heterocycles. The van der Waals surface area contributed by atoms with Gasteiger partial charge in [-0.15, -0.1) is 0 Å². The number of carbonyl (C=O) groups excluding carboxylic acids is 2. The van der Waals surface area contributed by atoms with Crippen LogP contribution in [0.15, 0.2) is 41.1 Å². The van der Waals surface area contributed by atoms with Crippen molar-refractivity contribution in [3.8, 4) is 5.75 Å². The first kappa shape index (κ1) is 20.9. The zero-order chi connectivity index (χ0) is 21.3. The maximum atomic E-state index is 13.0. The molecular weight excluding hydrogens is 472 g/mol. The minimum absolute atomic E-state index is 0.0299. The van der Waals surface area contributed by atoms with E-state index in [0.29, 0.717) is 37.5 Å². The third-order valence-electron chi connectivity index (χ3n) is 5.88. The molecule has 2 aliphatic heterocycles. The molecule has 4 rings (SSSR count). The molecule has 3 heterocycles. The summed E-state index contributed by atoms with van der Waals surface area (Å²) in [7, 11) is 1.61. The number of hydrogen-bond donors (Lipinski definition) is 1. The SMILES string of the molecule is COc1ccc(CN2C(=O)CNC(=O)C23CCN(c2c(Cl)cncc2Br)CC3)cc1. The van der Waals surface area contributed by atoms with E-state index in [4.69, 9.17) is 16.3 Å². The molecule has 30 heavy (non-hydrogen) atoms. The average Bonchev–Trinajstić information content (AvgIpc) is 2.75. The molecule has 0 radical (unpaired) electrons. The van der Waals surface area contributed by atoms with Crippen LogP contribution >= 0.6 is 27.5 Å². The van der Waals surface area contributed by atoms with Crippen LogP contribution < -0.4 is 15.0 Å². The summed E-state index contributed by atoms with van der Waals surface area (Å²) in [6.45, 7) is 1.61. The Morgan fingerprint density at radius 1 is 1.20 bits per heavy atom. The molecule has 0 unspecified atom stereocenters. The number of hydrogen-bond acceptors (Lipinski definition) is 5. The fraction of sp³-hybridized carbons (Fsp3) is 0.381. The summed E-state index contributed by atoms with van der Waals surface area (Å²) in [5, 5.41) is 3.34. The van der Waals surface area contributed by atoms with E-state index in [1.54, 1.807) is 24.4 Å². The number of piperidine rings is 1. The van der Waals surface area contributed by atoms with Gasteiger partial charge in [-0.1, -0.05) is 23.7 Å². The molecule has 1 spiro atoms. The molecular formula is C21H22BrClN4O3. The van der Waals surface area contributed by atoms with Crippen molar-refractivity contribution < 1.29 is 14.3 Å². The molecule has 1 N–H and O–H groups in total. The van der Waals surface area contributed by atoms with Gasteiger partial charge in [0.2, 0.25) is 11.8 Å². The van der Waals surface area contributed by atoms with Crippen molar-refractivity contribution in [2.24, 2.45) is 0 Å². The quantitative estimate of drug-likeness (QED) is 0.709. The van der Waals surface area contributed by atoms with Crippen molar-refractivity contribution >= 4 is 45.0 Å². The Balaban J connectivity index is 1.58. The highest BCUT2D eigenvalue weighted by Crippen LogP contribution is 2.39. The van der Waals surface area contributed by atoms with Crippen LogP contribution in [0.4, 0.5) is 5.69 Å². The summed E-state index contributed by atoms with van der Waals surface area (Å²) in [6, 6.07) is 7.58. The summed E-state index contributed by atoms with van der Waals surface area (Å²) in [5.41, 5.74) is 0.962. The van der Waals surface area contributed by atoms with E-state index in [1.807, 2.05) is 24.3 Å². The second kappa shape index (κ2) is 8.43. The highest BCUT2D eigenvalue weighted by Gasteiger charge is 2.51. The van der Waals surface area contributed by atoms with E-state index in [1.165, 1.54) is 0 Å². The molecule has 158 valence electrons. The first-order chi connectivity index (χ1) is 14.4. The van der Waals surface area contributed by atoms with Crippen LogP contribution in [0, 0.1) is 0 Å². The lowest BCUT2D eigenvalue weighted by Gasteiger charge is -2.50. The Bertz CT molecular complexity index is 941. The molecule has 2 aromatic rings. The van der Waals surface area contributed by atoms with Crippen LogP contribution in [-0.2, 0) is 16.1 Å². The Labute approximate surface area is 188 Å². The van der Waals surface area contributed by atoms with E-state index >= 15 is 0 Å². The van der Waals surface area contributed by atoms with Gasteiger partial charge in [-0.05, 0) is 46.5 Å². The Morgan fingerprint density at radius 2 is 1.90 bits per heavy atom. The van der Waals surface area contributed by atoms with Crippen molar-refractivity contribution in [1.29, 1.82) is 0 Å². The molecule has 0 bridgehead atoms. The number of pyridine rings is 1. The maximum absolute atomic E-state index is 13.0. The summed E-state index contributed by atoms with van der Waals surface area (Å²) >= 11 is 9.88. The maximum Gasteiger partial charge on any atom is 0.246 e. The van der Waals surface area contributed by atoms with Crippen molar-refractivity contribution in [2.75, 3.05) is 31.6 Å². The van der Waals surface area contributed by atoms with Crippen LogP contribution in [0.5, 0.6) is 5.75 Å². The molecule has 1 aromatic carbocycles.